The lowest BCUT2D eigenvalue weighted by atomic mass is 10.1. The maximum atomic E-state index is 6.29. The minimum atomic E-state index is 0.817. The molecule has 0 aliphatic rings. The first-order valence-electron chi connectivity index (χ1n) is 5.72. The first-order valence-corrected chi connectivity index (χ1v) is 6.10. The predicted octanol–water partition coefficient (Wildman–Crippen LogP) is 2.62. The quantitative estimate of drug-likeness (QED) is 0.877. The largest absolute Gasteiger partial charge is 0.495 e. The summed E-state index contributed by atoms with van der Waals surface area (Å²) >= 11 is 6.29. The summed E-state index contributed by atoms with van der Waals surface area (Å²) in [6, 6.07) is 1.99. The van der Waals surface area contributed by atoms with Gasteiger partial charge in [-0.1, -0.05) is 11.6 Å². The molecule has 0 aliphatic carbocycles. The molecule has 0 heterocycles. The van der Waals surface area contributed by atoms with Crippen molar-refractivity contribution in [1.29, 1.82) is 0 Å². The summed E-state index contributed by atoms with van der Waals surface area (Å²) in [5, 5.41) is 3.95. The lowest BCUT2D eigenvalue weighted by Gasteiger charge is -2.25. The van der Waals surface area contributed by atoms with Gasteiger partial charge < -0.3 is 15.0 Å². The van der Waals surface area contributed by atoms with Gasteiger partial charge in [0.1, 0.15) is 5.75 Å². The van der Waals surface area contributed by atoms with Gasteiger partial charge >= 0.3 is 0 Å². The molecule has 1 aromatic rings. The first-order chi connectivity index (χ1) is 8.02. The highest BCUT2D eigenvalue weighted by Crippen LogP contribution is 2.37. The van der Waals surface area contributed by atoms with Crippen LogP contribution in [0, 0.1) is 13.8 Å². The molecule has 1 N–H and O–H groups in total. The van der Waals surface area contributed by atoms with Crippen LogP contribution in [0.5, 0.6) is 5.75 Å². The number of rotatable bonds is 5. The van der Waals surface area contributed by atoms with Crippen LogP contribution in [0.1, 0.15) is 11.1 Å². The third kappa shape index (κ3) is 3.05. The Morgan fingerprint density at radius 2 is 2.06 bits per heavy atom. The van der Waals surface area contributed by atoms with Gasteiger partial charge in [-0.25, -0.2) is 0 Å². The van der Waals surface area contributed by atoms with E-state index in [0.29, 0.717) is 0 Å². The fraction of sp³-hybridized carbons (Fsp3) is 0.538. The van der Waals surface area contributed by atoms with Gasteiger partial charge in [-0.05, 0) is 38.1 Å². The molecule has 0 aromatic heterocycles. The van der Waals surface area contributed by atoms with Crippen molar-refractivity contribution in [2.45, 2.75) is 13.8 Å². The van der Waals surface area contributed by atoms with E-state index in [9.17, 15) is 0 Å². The van der Waals surface area contributed by atoms with Crippen molar-refractivity contribution in [2.75, 3.05) is 39.2 Å². The summed E-state index contributed by atoms with van der Waals surface area (Å²) in [6.07, 6.45) is 0. The Balaban J connectivity index is 3.16. The molecular formula is C13H21ClN2O. The van der Waals surface area contributed by atoms with E-state index in [1.54, 1.807) is 7.11 Å². The number of nitrogens with one attached hydrogen (secondary N) is 1. The maximum Gasteiger partial charge on any atom is 0.142 e. The number of methoxy groups -OCH3 is 1. The second kappa shape index (κ2) is 6.12. The Kier molecular flexibility index (Phi) is 5.09. The monoisotopic (exact) mass is 256 g/mol. The van der Waals surface area contributed by atoms with Crippen LogP contribution in [0.3, 0.4) is 0 Å². The molecule has 0 amide bonds. The number of benzene rings is 1. The second-order valence-corrected chi connectivity index (χ2v) is 4.59. The van der Waals surface area contributed by atoms with E-state index in [2.05, 4.69) is 10.2 Å². The van der Waals surface area contributed by atoms with E-state index in [4.69, 9.17) is 16.3 Å². The van der Waals surface area contributed by atoms with Gasteiger partial charge in [-0.3, -0.25) is 0 Å². The topological polar surface area (TPSA) is 24.5 Å². The van der Waals surface area contributed by atoms with Gasteiger partial charge in [0.2, 0.25) is 0 Å². The summed E-state index contributed by atoms with van der Waals surface area (Å²) in [5.41, 5.74) is 3.19. The Morgan fingerprint density at radius 1 is 1.41 bits per heavy atom. The molecule has 0 saturated heterocycles. The highest BCUT2D eigenvalue weighted by atomic mass is 35.5. The molecule has 0 fully saturated rings. The van der Waals surface area contributed by atoms with Crippen LogP contribution in [0.2, 0.25) is 5.02 Å². The molecule has 0 aliphatic heterocycles. The van der Waals surface area contributed by atoms with Crippen LogP contribution in [0.15, 0.2) is 6.07 Å². The summed E-state index contributed by atoms with van der Waals surface area (Å²) in [4.78, 5) is 2.16. The van der Waals surface area contributed by atoms with Gasteiger partial charge in [-0.2, -0.15) is 0 Å². The average Bonchev–Trinajstić information content (AvgIpc) is 2.32. The smallest absolute Gasteiger partial charge is 0.142 e. The summed E-state index contributed by atoms with van der Waals surface area (Å²) < 4.78 is 5.44. The normalized spacial score (nSPS) is 10.5. The molecular weight excluding hydrogens is 236 g/mol. The third-order valence-electron chi connectivity index (χ3n) is 2.91. The predicted molar refractivity (Wildman–Crippen MR) is 74.7 cm³/mol. The Hall–Kier alpha value is -0.930. The van der Waals surface area contributed by atoms with Crippen molar-refractivity contribution >= 4 is 17.3 Å². The standard InChI is InChI=1S/C13H21ClN2O/c1-9-8-11(17-5)13(10(2)12(9)14)16(4)7-6-15-3/h8,15H,6-7H2,1-5H3. The van der Waals surface area contributed by atoms with Crippen LogP contribution < -0.4 is 15.0 Å². The molecule has 96 valence electrons. The van der Waals surface area contributed by atoms with E-state index in [0.717, 1.165) is 40.7 Å². The lowest BCUT2D eigenvalue weighted by Crippen LogP contribution is -2.28. The molecule has 0 atom stereocenters. The Bertz CT molecular complexity index is 393. The van der Waals surface area contributed by atoms with Crippen molar-refractivity contribution in [3.05, 3.63) is 22.2 Å². The summed E-state index contributed by atoms with van der Waals surface area (Å²) in [5.74, 6) is 0.878. The van der Waals surface area contributed by atoms with E-state index in [1.807, 2.05) is 34.0 Å². The molecule has 4 heteroatoms. The van der Waals surface area contributed by atoms with Gasteiger partial charge in [-0.15, -0.1) is 0 Å². The van der Waals surface area contributed by atoms with Gasteiger partial charge in [0, 0.05) is 25.2 Å². The van der Waals surface area contributed by atoms with Gasteiger partial charge in [0.15, 0.2) is 0 Å². The number of hydrogen-bond donors (Lipinski definition) is 1. The fourth-order valence-electron chi connectivity index (χ4n) is 1.93. The van der Waals surface area contributed by atoms with E-state index in [1.165, 1.54) is 0 Å². The van der Waals surface area contributed by atoms with Crippen molar-refractivity contribution in [2.24, 2.45) is 0 Å². The summed E-state index contributed by atoms with van der Waals surface area (Å²) in [7, 11) is 5.69. The first kappa shape index (κ1) is 14.1. The number of anilines is 1. The molecule has 17 heavy (non-hydrogen) atoms. The number of aryl methyl sites for hydroxylation is 1. The molecule has 1 rings (SSSR count). The van der Waals surface area contributed by atoms with Crippen LogP contribution in [-0.2, 0) is 0 Å². The van der Waals surface area contributed by atoms with Crippen LogP contribution >= 0.6 is 11.6 Å². The van der Waals surface area contributed by atoms with Crippen molar-refractivity contribution in [3.63, 3.8) is 0 Å². The van der Waals surface area contributed by atoms with Crippen molar-refractivity contribution in [1.82, 2.24) is 5.32 Å². The average molecular weight is 257 g/mol. The number of hydrogen-bond acceptors (Lipinski definition) is 3. The Labute approximate surface area is 109 Å². The molecule has 0 unspecified atom stereocenters. The lowest BCUT2D eigenvalue weighted by molar-refractivity contribution is 0.414. The molecule has 1 aromatic carbocycles. The van der Waals surface area contributed by atoms with E-state index in [-0.39, 0.29) is 0 Å². The maximum absolute atomic E-state index is 6.29. The highest BCUT2D eigenvalue weighted by molar-refractivity contribution is 6.32. The number of likely N-dealkylation sites (N-methyl/N-ethyl adjacent to an activating group) is 2. The Morgan fingerprint density at radius 3 is 2.59 bits per heavy atom. The zero-order valence-electron chi connectivity index (χ0n) is 11.2. The number of nitrogens with zero attached hydrogens (tertiary/aromatic N) is 1. The zero-order valence-corrected chi connectivity index (χ0v) is 12.0. The highest BCUT2D eigenvalue weighted by Gasteiger charge is 2.15. The molecule has 3 nitrogen and oxygen atoms in total. The minimum absolute atomic E-state index is 0.817. The third-order valence-corrected chi connectivity index (χ3v) is 3.49. The number of halogens is 1. The number of ether oxygens (including phenoxy) is 1. The molecule has 0 radical (unpaired) electrons. The van der Waals surface area contributed by atoms with E-state index < -0.39 is 0 Å². The fourth-order valence-corrected chi connectivity index (χ4v) is 2.08. The zero-order chi connectivity index (χ0) is 13.0. The van der Waals surface area contributed by atoms with Gasteiger partial charge in [0.05, 0.1) is 12.8 Å². The van der Waals surface area contributed by atoms with Crippen molar-refractivity contribution < 1.29 is 4.74 Å². The van der Waals surface area contributed by atoms with Crippen molar-refractivity contribution in [3.8, 4) is 5.75 Å². The SMILES string of the molecule is CNCCN(C)c1c(OC)cc(C)c(Cl)c1C. The van der Waals surface area contributed by atoms with E-state index >= 15 is 0 Å². The molecule has 0 spiro atoms. The molecule has 0 saturated carbocycles. The van der Waals surface area contributed by atoms with Crippen LogP contribution in [0.25, 0.3) is 0 Å². The minimum Gasteiger partial charge on any atom is -0.495 e. The van der Waals surface area contributed by atoms with Gasteiger partial charge in [0.25, 0.3) is 0 Å². The summed E-state index contributed by atoms with van der Waals surface area (Å²) in [6.45, 7) is 5.86. The second-order valence-electron chi connectivity index (χ2n) is 4.21. The van der Waals surface area contributed by atoms with Crippen LogP contribution in [-0.4, -0.2) is 34.3 Å². The molecule has 0 bridgehead atoms. The van der Waals surface area contributed by atoms with Crippen LogP contribution in [0.4, 0.5) is 5.69 Å².